The Morgan fingerprint density at radius 1 is 1.36 bits per heavy atom. The third-order valence-electron chi connectivity index (χ3n) is 5.18. The molecule has 8 nitrogen and oxygen atoms in total. The number of carbonyl (C=O) groups is 3. The van der Waals surface area contributed by atoms with Crippen LogP contribution in [0.25, 0.3) is 0 Å². The zero-order valence-electron chi connectivity index (χ0n) is 15.2. The number of likely N-dealkylation sites (N-methyl/N-ethyl adjacent to an activating group) is 1. The zero-order chi connectivity index (χ0) is 20.9. The van der Waals surface area contributed by atoms with Crippen molar-refractivity contribution in [1.29, 1.82) is 0 Å². The maximum atomic E-state index is 14.1. The van der Waals surface area contributed by atoms with Gasteiger partial charge < -0.3 is 10.2 Å². The second kappa shape index (κ2) is 6.80. The molecule has 28 heavy (non-hydrogen) atoms. The van der Waals surface area contributed by atoms with Gasteiger partial charge in [0, 0.05) is 18.7 Å². The van der Waals surface area contributed by atoms with E-state index in [1.165, 1.54) is 18.9 Å². The van der Waals surface area contributed by atoms with Gasteiger partial charge in [0.05, 0.1) is 11.5 Å². The number of benzene rings is 1. The van der Waals surface area contributed by atoms with Crippen molar-refractivity contribution in [3.8, 4) is 0 Å². The van der Waals surface area contributed by atoms with Gasteiger partial charge in [0.2, 0.25) is 5.91 Å². The van der Waals surface area contributed by atoms with Crippen LogP contribution in [0.15, 0.2) is 18.2 Å². The molecule has 0 aliphatic carbocycles. The Balaban J connectivity index is 1.78. The average molecular weight is 415 g/mol. The molecule has 2 heterocycles. The molecule has 0 aromatic heterocycles. The lowest BCUT2D eigenvalue weighted by molar-refractivity contribution is -0.139. The summed E-state index contributed by atoms with van der Waals surface area (Å²) >= 11 is 0. The normalized spacial score (nSPS) is 26.4. The number of nitrogens with zero attached hydrogens (tertiary/aromatic N) is 2. The molecule has 11 heteroatoms. The van der Waals surface area contributed by atoms with Gasteiger partial charge in [-0.05, 0) is 31.5 Å². The van der Waals surface area contributed by atoms with Crippen molar-refractivity contribution in [3.63, 3.8) is 0 Å². The molecule has 0 spiro atoms. The van der Waals surface area contributed by atoms with Gasteiger partial charge in [0.25, 0.3) is 5.91 Å². The Hall–Kier alpha value is -2.56. The van der Waals surface area contributed by atoms with Crippen LogP contribution >= 0.6 is 0 Å². The summed E-state index contributed by atoms with van der Waals surface area (Å²) in [7, 11) is -1.82. The van der Waals surface area contributed by atoms with Gasteiger partial charge in [-0.1, -0.05) is 0 Å². The van der Waals surface area contributed by atoms with Gasteiger partial charge in [-0.25, -0.2) is 22.0 Å². The van der Waals surface area contributed by atoms with E-state index in [1.54, 1.807) is 0 Å². The molecule has 3 rings (SSSR count). The van der Waals surface area contributed by atoms with E-state index in [2.05, 4.69) is 5.32 Å². The van der Waals surface area contributed by atoms with Crippen LogP contribution in [0, 0.1) is 11.6 Å². The van der Waals surface area contributed by atoms with E-state index in [9.17, 15) is 31.6 Å². The molecule has 0 radical (unpaired) electrons. The molecule has 1 aromatic rings. The molecule has 152 valence electrons. The highest BCUT2D eigenvalue weighted by Crippen LogP contribution is 2.31. The SMILES string of the molecule is CN(C(=O)CN1C(=O)N[C@](C)(c2cc(F)ccc2F)C1=O)[C@H]1CCS(=O)(=O)C1. The molecule has 1 aromatic carbocycles. The summed E-state index contributed by atoms with van der Waals surface area (Å²) in [6, 6.07) is 1.09. The summed E-state index contributed by atoms with van der Waals surface area (Å²) in [5, 5.41) is 2.31. The van der Waals surface area contributed by atoms with Crippen molar-refractivity contribution in [2.45, 2.75) is 24.9 Å². The van der Waals surface area contributed by atoms with Crippen molar-refractivity contribution in [2.24, 2.45) is 0 Å². The lowest BCUT2D eigenvalue weighted by Gasteiger charge is -2.26. The van der Waals surface area contributed by atoms with E-state index < -0.39 is 57.4 Å². The first-order chi connectivity index (χ1) is 12.9. The molecule has 2 aliphatic rings. The van der Waals surface area contributed by atoms with Crippen molar-refractivity contribution in [2.75, 3.05) is 25.1 Å². The second-order valence-electron chi connectivity index (χ2n) is 7.13. The second-order valence-corrected chi connectivity index (χ2v) is 9.36. The van der Waals surface area contributed by atoms with Crippen molar-refractivity contribution < 1.29 is 31.6 Å². The average Bonchev–Trinajstić information content (AvgIpc) is 3.08. The first-order valence-electron chi connectivity index (χ1n) is 8.50. The molecule has 1 N–H and O–H groups in total. The van der Waals surface area contributed by atoms with E-state index in [0.29, 0.717) is 4.90 Å². The van der Waals surface area contributed by atoms with Crippen LogP contribution in [-0.4, -0.2) is 67.2 Å². The van der Waals surface area contributed by atoms with Crippen molar-refractivity contribution >= 4 is 27.7 Å². The summed E-state index contributed by atoms with van der Waals surface area (Å²) in [4.78, 5) is 39.3. The molecule has 2 aliphatic heterocycles. The Morgan fingerprint density at radius 2 is 2.04 bits per heavy atom. The predicted octanol–water partition coefficient (Wildman–Crippen LogP) is 0.377. The van der Waals surface area contributed by atoms with E-state index in [4.69, 9.17) is 0 Å². The van der Waals surface area contributed by atoms with Crippen LogP contribution in [0.5, 0.6) is 0 Å². The lowest BCUT2D eigenvalue weighted by Crippen LogP contribution is -2.46. The van der Waals surface area contributed by atoms with Gasteiger partial charge in [-0.15, -0.1) is 0 Å². The van der Waals surface area contributed by atoms with E-state index in [0.717, 1.165) is 18.2 Å². The molecule has 2 atom stereocenters. The minimum absolute atomic E-state index is 0.0324. The maximum absolute atomic E-state index is 14.1. The monoisotopic (exact) mass is 415 g/mol. The van der Waals surface area contributed by atoms with Crippen molar-refractivity contribution in [1.82, 2.24) is 15.1 Å². The third kappa shape index (κ3) is 3.46. The smallest absolute Gasteiger partial charge is 0.325 e. The van der Waals surface area contributed by atoms with Gasteiger partial charge >= 0.3 is 6.03 Å². The molecule has 4 amide bonds. The number of hydrogen-bond donors (Lipinski definition) is 1. The molecule has 0 bridgehead atoms. The van der Waals surface area contributed by atoms with Crippen molar-refractivity contribution in [3.05, 3.63) is 35.4 Å². The molecule has 2 saturated heterocycles. The number of sulfone groups is 1. The Morgan fingerprint density at radius 3 is 2.64 bits per heavy atom. The fraction of sp³-hybridized carbons (Fsp3) is 0.471. The first kappa shape index (κ1) is 20.2. The maximum Gasteiger partial charge on any atom is 0.325 e. The fourth-order valence-corrected chi connectivity index (χ4v) is 5.21. The van der Waals surface area contributed by atoms with Gasteiger partial charge in [0.1, 0.15) is 23.7 Å². The minimum atomic E-state index is -3.22. The fourth-order valence-electron chi connectivity index (χ4n) is 3.44. The molecule has 0 unspecified atom stereocenters. The predicted molar refractivity (Wildman–Crippen MR) is 93.8 cm³/mol. The number of rotatable bonds is 4. The summed E-state index contributed by atoms with van der Waals surface area (Å²) in [5.41, 5.74) is -2.21. The quantitative estimate of drug-likeness (QED) is 0.716. The topological polar surface area (TPSA) is 104 Å². The van der Waals surface area contributed by atoms with Crippen LogP contribution < -0.4 is 5.32 Å². The lowest BCUT2D eigenvalue weighted by atomic mass is 9.91. The van der Waals surface area contributed by atoms with Gasteiger partial charge in [-0.3, -0.25) is 14.5 Å². The summed E-state index contributed by atoms with van der Waals surface area (Å²) < 4.78 is 50.8. The van der Waals surface area contributed by atoms with Gasteiger partial charge in [-0.2, -0.15) is 0 Å². The highest BCUT2D eigenvalue weighted by Gasteiger charge is 2.51. The Kier molecular flexibility index (Phi) is 4.90. The van der Waals surface area contributed by atoms with Crippen LogP contribution in [0.3, 0.4) is 0 Å². The largest absolute Gasteiger partial charge is 0.340 e. The summed E-state index contributed by atoms with van der Waals surface area (Å²) in [6.07, 6.45) is 0.275. The third-order valence-corrected chi connectivity index (χ3v) is 6.94. The summed E-state index contributed by atoms with van der Waals surface area (Å²) in [5.74, 6) is -3.40. The summed E-state index contributed by atoms with van der Waals surface area (Å²) in [6.45, 7) is 0.590. The molecular formula is C17H19F2N3O5S. The first-order valence-corrected chi connectivity index (χ1v) is 10.3. The number of nitrogens with one attached hydrogen (secondary N) is 1. The van der Waals surface area contributed by atoms with E-state index >= 15 is 0 Å². The molecule has 0 saturated carbocycles. The molecular weight excluding hydrogens is 396 g/mol. The highest BCUT2D eigenvalue weighted by atomic mass is 32.2. The highest BCUT2D eigenvalue weighted by molar-refractivity contribution is 7.91. The Bertz CT molecular complexity index is 968. The number of urea groups is 1. The van der Waals surface area contributed by atoms with Crippen LogP contribution in [0.2, 0.25) is 0 Å². The number of hydrogen-bond acceptors (Lipinski definition) is 5. The molecule has 2 fully saturated rings. The number of amides is 4. The zero-order valence-corrected chi connectivity index (χ0v) is 16.1. The van der Waals surface area contributed by atoms with E-state index in [1.807, 2.05) is 0 Å². The minimum Gasteiger partial charge on any atom is -0.340 e. The van der Waals surface area contributed by atoms with Crippen LogP contribution in [0.1, 0.15) is 18.9 Å². The number of carbonyl (C=O) groups excluding carboxylic acids is 3. The van der Waals surface area contributed by atoms with Crippen LogP contribution in [-0.2, 0) is 25.0 Å². The van der Waals surface area contributed by atoms with Crippen LogP contribution in [0.4, 0.5) is 13.6 Å². The number of halogens is 2. The standard InChI is InChI=1S/C17H19F2N3O5S/c1-17(12-7-10(18)3-4-13(12)19)15(24)22(16(25)20-17)8-14(23)21(2)11-5-6-28(26,27)9-11/h3-4,7,11H,5-6,8-9H2,1-2H3,(H,20,25)/t11-,17+/m0/s1. The Labute approximate surface area is 160 Å². The number of imide groups is 1. The van der Waals surface area contributed by atoms with Gasteiger partial charge in [0.15, 0.2) is 9.84 Å². The van der Waals surface area contributed by atoms with E-state index in [-0.39, 0.29) is 23.5 Å².